The zero-order chi connectivity index (χ0) is 26.8. The molecule has 1 unspecified atom stereocenters. The van der Waals surface area contributed by atoms with Crippen molar-refractivity contribution in [3.8, 4) is 17.2 Å². The summed E-state index contributed by atoms with van der Waals surface area (Å²) >= 11 is 0. The second kappa shape index (κ2) is 10.3. The standard InChI is InChI=1S/C28H32N2O6S/c1-19-6-8-20(9-7-19)30(37(32,33)23-13-10-21(34-4)11-14-23)18-27(31)29-25-17-28(2,3)36-26-16-22(35-5)12-15-24(25)26/h6-16,25H,17-18H2,1-5H3,(H,29,31). The molecule has 4 rings (SSSR count). The van der Waals surface area contributed by atoms with Gasteiger partial charge in [-0.05, 0) is 69.3 Å². The summed E-state index contributed by atoms with van der Waals surface area (Å²) < 4.78 is 45.1. The summed E-state index contributed by atoms with van der Waals surface area (Å²) in [6, 6.07) is 18.2. The summed E-state index contributed by atoms with van der Waals surface area (Å²) in [5.41, 5.74) is 1.65. The number of amides is 1. The molecule has 0 spiro atoms. The van der Waals surface area contributed by atoms with Crippen LogP contribution < -0.4 is 23.8 Å². The maximum absolute atomic E-state index is 13.7. The molecule has 0 saturated carbocycles. The number of hydrogen-bond acceptors (Lipinski definition) is 6. The number of carbonyl (C=O) groups is 1. The quantitative estimate of drug-likeness (QED) is 0.462. The van der Waals surface area contributed by atoms with Crippen LogP contribution in [0.1, 0.15) is 37.4 Å². The van der Waals surface area contributed by atoms with E-state index in [0.29, 0.717) is 29.4 Å². The van der Waals surface area contributed by atoms with Crippen molar-refractivity contribution < 1.29 is 27.4 Å². The highest BCUT2D eigenvalue weighted by Gasteiger charge is 2.36. The van der Waals surface area contributed by atoms with Crippen LogP contribution in [0.5, 0.6) is 17.2 Å². The molecule has 0 aliphatic carbocycles. The third-order valence-electron chi connectivity index (χ3n) is 6.27. The molecule has 9 heteroatoms. The van der Waals surface area contributed by atoms with Crippen LogP contribution in [0.4, 0.5) is 5.69 Å². The van der Waals surface area contributed by atoms with Gasteiger partial charge in [0.1, 0.15) is 29.4 Å². The number of aryl methyl sites for hydroxylation is 1. The minimum absolute atomic E-state index is 0.0614. The Kier molecular flexibility index (Phi) is 7.36. The fourth-order valence-electron chi connectivity index (χ4n) is 4.36. The molecule has 1 atom stereocenters. The number of fused-ring (bicyclic) bond motifs is 1. The molecule has 1 heterocycles. The van der Waals surface area contributed by atoms with E-state index in [2.05, 4.69) is 5.32 Å². The molecule has 3 aromatic rings. The smallest absolute Gasteiger partial charge is 0.264 e. The van der Waals surface area contributed by atoms with Crippen LogP contribution in [0.25, 0.3) is 0 Å². The molecule has 8 nitrogen and oxygen atoms in total. The third-order valence-corrected chi connectivity index (χ3v) is 8.06. The van der Waals surface area contributed by atoms with Crippen molar-refractivity contribution in [2.45, 2.75) is 43.7 Å². The van der Waals surface area contributed by atoms with Crippen LogP contribution in [0, 0.1) is 6.92 Å². The zero-order valence-electron chi connectivity index (χ0n) is 21.6. The van der Waals surface area contributed by atoms with E-state index < -0.39 is 21.5 Å². The second-order valence-corrected chi connectivity index (χ2v) is 11.5. The maximum Gasteiger partial charge on any atom is 0.264 e. The highest BCUT2D eigenvalue weighted by molar-refractivity contribution is 7.92. The van der Waals surface area contributed by atoms with Gasteiger partial charge in [0.05, 0.1) is 30.8 Å². The van der Waals surface area contributed by atoms with Crippen molar-refractivity contribution in [1.29, 1.82) is 0 Å². The number of methoxy groups -OCH3 is 2. The van der Waals surface area contributed by atoms with E-state index in [1.165, 1.54) is 19.2 Å². The number of benzene rings is 3. The van der Waals surface area contributed by atoms with Gasteiger partial charge in [-0.25, -0.2) is 8.42 Å². The molecule has 196 valence electrons. The number of carbonyl (C=O) groups excluding carboxylic acids is 1. The van der Waals surface area contributed by atoms with Crippen LogP contribution in [-0.4, -0.2) is 40.7 Å². The Labute approximate surface area is 218 Å². The summed E-state index contributed by atoms with van der Waals surface area (Å²) in [5.74, 6) is 1.39. The minimum atomic E-state index is -4.04. The minimum Gasteiger partial charge on any atom is -0.497 e. The molecule has 37 heavy (non-hydrogen) atoms. The first-order valence-electron chi connectivity index (χ1n) is 11.9. The van der Waals surface area contributed by atoms with E-state index in [1.807, 2.05) is 45.0 Å². The van der Waals surface area contributed by atoms with Crippen molar-refractivity contribution in [3.05, 3.63) is 77.9 Å². The Balaban J connectivity index is 1.64. The molecule has 0 fully saturated rings. The van der Waals surface area contributed by atoms with E-state index in [4.69, 9.17) is 14.2 Å². The Hall–Kier alpha value is -3.72. The highest BCUT2D eigenvalue weighted by Crippen LogP contribution is 2.41. The van der Waals surface area contributed by atoms with Gasteiger partial charge in [0.2, 0.25) is 5.91 Å². The molecule has 0 bridgehead atoms. The van der Waals surface area contributed by atoms with Crippen molar-refractivity contribution in [1.82, 2.24) is 5.32 Å². The van der Waals surface area contributed by atoms with Crippen LogP contribution in [0.2, 0.25) is 0 Å². The van der Waals surface area contributed by atoms with Crippen molar-refractivity contribution in [3.63, 3.8) is 0 Å². The number of ether oxygens (including phenoxy) is 3. The Morgan fingerprint density at radius 3 is 2.24 bits per heavy atom. The first-order valence-corrected chi connectivity index (χ1v) is 13.4. The molecular formula is C28H32N2O6S. The molecule has 1 aliphatic heterocycles. The second-order valence-electron chi connectivity index (χ2n) is 9.61. The zero-order valence-corrected chi connectivity index (χ0v) is 22.5. The molecule has 0 radical (unpaired) electrons. The van der Waals surface area contributed by atoms with Gasteiger partial charge in [0.25, 0.3) is 10.0 Å². The number of nitrogens with zero attached hydrogens (tertiary/aromatic N) is 1. The van der Waals surface area contributed by atoms with Gasteiger partial charge in [0.15, 0.2) is 0 Å². The number of sulfonamides is 1. The lowest BCUT2D eigenvalue weighted by Crippen LogP contribution is -2.45. The Morgan fingerprint density at radius 2 is 1.62 bits per heavy atom. The Bertz CT molecular complexity index is 1370. The van der Waals surface area contributed by atoms with Gasteiger partial charge < -0.3 is 19.5 Å². The molecule has 0 aromatic heterocycles. The summed E-state index contributed by atoms with van der Waals surface area (Å²) in [7, 11) is -0.951. The SMILES string of the molecule is COc1ccc(S(=O)(=O)N(CC(=O)NC2CC(C)(C)Oc3cc(OC)ccc32)c2ccc(C)cc2)cc1. The van der Waals surface area contributed by atoms with E-state index in [0.717, 1.165) is 15.4 Å². The lowest BCUT2D eigenvalue weighted by molar-refractivity contribution is -0.120. The van der Waals surface area contributed by atoms with E-state index >= 15 is 0 Å². The van der Waals surface area contributed by atoms with E-state index in [9.17, 15) is 13.2 Å². The van der Waals surface area contributed by atoms with Crippen molar-refractivity contribution >= 4 is 21.6 Å². The molecule has 1 N–H and O–H groups in total. The summed E-state index contributed by atoms with van der Waals surface area (Å²) in [6.45, 7) is 5.42. The summed E-state index contributed by atoms with van der Waals surface area (Å²) in [4.78, 5) is 13.4. The average molecular weight is 525 g/mol. The lowest BCUT2D eigenvalue weighted by atomic mass is 9.89. The van der Waals surface area contributed by atoms with Gasteiger partial charge >= 0.3 is 0 Å². The Morgan fingerprint density at radius 1 is 1.00 bits per heavy atom. The molecule has 1 amide bonds. The fraction of sp³-hybridized carbons (Fsp3) is 0.321. The van der Waals surface area contributed by atoms with Crippen LogP contribution in [0.3, 0.4) is 0 Å². The number of hydrogen-bond donors (Lipinski definition) is 1. The maximum atomic E-state index is 13.7. The van der Waals surface area contributed by atoms with Gasteiger partial charge in [-0.15, -0.1) is 0 Å². The highest BCUT2D eigenvalue weighted by atomic mass is 32.2. The van der Waals surface area contributed by atoms with Crippen LogP contribution in [-0.2, 0) is 14.8 Å². The normalized spacial score (nSPS) is 16.2. The predicted molar refractivity (Wildman–Crippen MR) is 142 cm³/mol. The van der Waals surface area contributed by atoms with Gasteiger partial charge in [-0.2, -0.15) is 0 Å². The van der Waals surface area contributed by atoms with Gasteiger partial charge in [-0.1, -0.05) is 17.7 Å². The first kappa shape index (κ1) is 26.3. The number of rotatable bonds is 8. The van der Waals surface area contributed by atoms with Gasteiger partial charge in [0, 0.05) is 18.1 Å². The fourth-order valence-corrected chi connectivity index (χ4v) is 5.78. The average Bonchev–Trinajstić information content (AvgIpc) is 2.86. The molecule has 0 saturated heterocycles. The predicted octanol–water partition coefficient (Wildman–Crippen LogP) is 4.63. The van der Waals surface area contributed by atoms with E-state index in [-0.39, 0.29) is 17.5 Å². The summed E-state index contributed by atoms with van der Waals surface area (Å²) in [5, 5.41) is 3.04. The number of nitrogens with one attached hydrogen (secondary N) is 1. The van der Waals surface area contributed by atoms with E-state index in [1.54, 1.807) is 37.4 Å². The van der Waals surface area contributed by atoms with Crippen molar-refractivity contribution in [2.24, 2.45) is 0 Å². The largest absolute Gasteiger partial charge is 0.497 e. The van der Waals surface area contributed by atoms with Crippen LogP contribution >= 0.6 is 0 Å². The molecule has 1 aliphatic rings. The first-order chi connectivity index (χ1) is 17.5. The summed E-state index contributed by atoms with van der Waals surface area (Å²) in [6.07, 6.45) is 0.522. The molecular weight excluding hydrogens is 492 g/mol. The van der Waals surface area contributed by atoms with Crippen LogP contribution in [0.15, 0.2) is 71.6 Å². The van der Waals surface area contributed by atoms with Crippen molar-refractivity contribution in [2.75, 3.05) is 25.1 Å². The monoisotopic (exact) mass is 524 g/mol. The molecule has 3 aromatic carbocycles. The van der Waals surface area contributed by atoms with Gasteiger partial charge in [-0.3, -0.25) is 9.10 Å². The lowest BCUT2D eigenvalue weighted by Gasteiger charge is -2.38. The third kappa shape index (κ3) is 5.83. The topological polar surface area (TPSA) is 94.2 Å². The number of anilines is 1.